The number of ether oxygens (including phenoxy) is 2. The molecule has 3 aliphatic rings. The molecule has 0 radical (unpaired) electrons. The number of hydrogen-bond acceptors (Lipinski definition) is 7. The largest absolute Gasteiger partial charge is 0.490 e. The summed E-state index contributed by atoms with van der Waals surface area (Å²) in [5.41, 5.74) is 0.870. The molecule has 0 unspecified atom stereocenters. The van der Waals surface area contributed by atoms with Gasteiger partial charge in [0.2, 0.25) is 11.1 Å². The van der Waals surface area contributed by atoms with Crippen LogP contribution in [0.25, 0.3) is 6.08 Å². The lowest BCUT2D eigenvalue weighted by Gasteiger charge is -2.20. The van der Waals surface area contributed by atoms with Crippen LogP contribution in [0.3, 0.4) is 0 Å². The summed E-state index contributed by atoms with van der Waals surface area (Å²) >= 11 is 1.17. The summed E-state index contributed by atoms with van der Waals surface area (Å²) < 4.78 is 11.3. The van der Waals surface area contributed by atoms with E-state index in [0.29, 0.717) is 29.2 Å². The van der Waals surface area contributed by atoms with Gasteiger partial charge in [0.25, 0.3) is 5.91 Å². The van der Waals surface area contributed by atoms with Crippen LogP contribution in [-0.2, 0) is 9.59 Å². The molecule has 0 saturated carbocycles. The minimum atomic E-state index is -0.501. The van der Waals surface area contributed by atoms with E-state index in [9.17, 15) is 9.59 Å². The minimum Gasteiger partial charge on any atom is -0.490 e. The number of thioether (sulfide) groups is 1. The number of rotatable bonds is 8. The van der Waals surface area contributed by atoms with Gasteiger partial charge in [-0.1, -0.05) is 30.3 Å². The molecule has 0 atom stereocenters. The minimum absolute atomic E-state index is 0.0155. The maximum absolute atomic E-state index is 12.6. The number of carbonyl (C=O) groups excluding carboxylic acids is 2. The molecule has 0 aliphatic carbocycles. The van der Waals surface area contributed by atoms with Gasteiger partial charge in [-0.25, -0.2) is 0 Å². The lowest BCUT2D eigenvalue weighted by molar-refractivity contribution is -0.128. The molecular formula is C26H25N5O4S. The Morgan fingerprint density at radius 2 is 1.67 bits per heavy atom. The second kappa shape index (κ2) is 10.8. The summed E-state index contributed by atoms with van der Waals surface area (Å²) in [6.07, 6.45) is 3.81. The molecule has 2 aromatic rings. The molecule has 10 heteroatoms. The van der Waals surface area contributed by atoms with E-state index in [0.717, 1.165) is 37.2 Å². The molecule has 1 saturated heterocycles. The monoisotopic (exact) mass is 503 g/mol. The first-order chi connectivity index (χ1) is 17.6. The Morgan fingerprint density at radius 3 is 2.36 bits per heavy atom. The van der Waals surface area contributed by atoms with Crippen molar-refractivity contribution in [2.75, 3.05) is 26.3 Å². The van der Waals surface area contributed by atoms with E-state index in [1.54, 1.807) is 18.2 Å². The molecule has 1 fully saturated rings. The second-order valence-electron chi connectivity index (χ2n) is 8.36. The summed E-state index contributed by atoms with van der Waals surface area (Å²) in [5.74, 6) is 0.923. The van der Waals surface area contributed by atoms with Crippen LogP contribution in [-0.4, -0.2) is 64.1 Å². The Balaban J connectivity index is 1.18. The number of fused-ring (bicyclic) bond motifs is 1. The number of benzene rings is 2. The number of hydrogen-bond donors (Lipinski definition) is 1. The highest BCUT2D eigenvalue weighted by molar-refractivity contribution is 8.27. The fourth-order valence-corrected chi connectivity index (χ4v) is 4.85. The Hall–Kier alpha value is -3.92. The summed E-state index contributed by atoms with van der Waals surface area (Å²) in [5, 5.41) is 15.1. The van der Waals surface area contributed by atoms with E-state index in [1.807, 2.05) is 47.4 Å². The lowest BCUT2D eigenvalue weighted by Crippen LogP contribution is -2.35. The van der Waals surface area contributed by atoms with Gasteiger partial charge >= 0.3 is 0 Å². The van der Waals surface area contributed by atoms with Gasteiger partial charge in [0.15, 0.2) is 5.84 Å². The molecule has 5 rings (SSSR count). The smallest absolute Gasteiger partial charge is 0.283 e. The van der Waals surface area contributed by atoms with Crippen LogP contribution >= 0.6 is 11.8 Å². The van der Waals surface area contributed by atoms with Crippen LogP contribution in [0.1, 0.15) is 24.8 Å². The Morgan fingerprint density at radius 1 is 1.00 bits per heavy atom. The van der Waals surface area contributed by atoms with Crippen molar-refractivity contribution in [2.45, 2.75) is 19.3 Å². The number of nitrogens with one attached hydrogen (secondary N) is 1. The van der Waals surface area contributed by atoms with Crippen molar-refractivity contribution in [1.29, 1.82) is 5.41 Å². The molecule has 184 valence electrons. The highest BCUT2D eigenvalue weighted by Gasteiger charge is 2.36. The highest BCUT2D eigenvalue weighted by Crippen LogP contribution is 2.30. The fourth-order valence-electron chi connectivity index (χ4n) is 3.97. The zero-order valence-electron chi connectivity index (χ0n) is 19.6. The third-order valence-electron chi connectivity index (χ3n) is 5.81. The molecular weight excluding hydrogens is 478 g/mol. The Labute approximate surface area is 213 Å². The van der Waals surface area contributed by atoms with Crippen LogP contribution < -0.4 is 9.47 Å². The van der Waals surface area contributed by atoms with Gasteiger partial charge in [0.1, 0.15) is 29.8 Å². The van der Waals surface area contributed by atoms with E-state index >= 15 is 0 Å². The van der Waals surface area contributed by atoms with E-state index in [1.165, 1.54) is 16.8 Å². The average Bonchev–Trinajstić information content (AvgIpc) is 3.56. The van der Waals surface area contributed by atoms with Crippen molar-refractivity contribution >= 4 is 45.7 Å². The zero-order chi connectivity index (χ0) is 24.9. The topological polar surface area (TPSA) is 108 Å². The van der Waals surface area contributed by atoms with Gasteiger partial charge in [-0.05, 0) is 60.5 Å². The maximum Gasteiger partial charge on any atom is 0.283 e. The molecule has 9 nitrogen and oxygen atoms in total. The van der Waals surface area contributed by atoms with E-state index < -0.39 is 5.91 Å². The number of para-hydroxylation sites is 1. The van der Waals surface area contributed by atoms with Crippen molar-refractivity contribution in [3.8, 4) is 11.5 Å². The first kappa shape index (κ1) is 23.8. The molecule has 3 aliphatic heterocycles. The lowest BCUT2D eigenvalue weighted by atomic mass is 10.1. The standard InChI is InChI=1S/C26H25N5O4S/c27-24-21(16-18-8-10-20(11-9-18)35-15-14-34-19-6-2-1-3-7-19)25(33)28-26-31(24)29-22(36-26)17-23(32)30-12-4-5-13-30/h1-3,6-11,16,27H,4-5,12-15,17H2. The van der Waals surface area contributed by atoms with Crippen molar-refractivity contribution in [2.24, 2.45) is 10.1 Å². The number of hydrazone groups is 1. The van der Waals surface area contributed by atoms with E-state index in [4.69, 9.17) is 14.9 Å². The highest BCUT2D eigenvalue weighted by atomic mass is 32.2. The van der Waals surface area contributed by atoms with Crippen LogP contribution in [0.4, 0.5) is 0 Å². The molecule has 36 heavy (non-hydrogen) atoms. The van der Waals surface area contributed by atoms with Gasteiger partial charge in [-0.3, -0.25) is 15.0 Å². The molecule has 0 bridgehead atoms. The average molecular weight is 504 g/mol. The molecule has 2 aromatic carbocycles. The van der Waals surface area contributed by atoms with Crippen molar-refractivity contribution in [1.82, 2.24) is 9.91 Å². The first-order valence-corrected chi connectivity index (χ1v) is 12.6. The number of amidine groups is 2. The number of amides is 2. The third-order valence-corrected chi connectivity index (χ3v) is 6.72. The normalized spacial score (nSPS) is 18.3. The summed E-state index contributed by atoms with van der Waals surface area (Å²) in [6, 6.07) is 16.7. The zero-order valence-corrected chi connectivity index (χ0v) is 20.4. The fraction of sp³-hybridized carbons (Fsp3) is 0.269. The number of nitrogens with zero attached hydrogens (tertiary/aromatic N) is 4. The molecule has 0 spiro atoms. The van der Waals surface area contributed by atoms with Gasteiger partial charge in [0, 0.05) is 13.1 Å². The van der Waals surface area contributed by atoms with E-state index in [-0.39, 0.29) is 23.7 Å². The molecule has 1 N–H and O–H groups in total. The number of carbonyl (C=O) groups is 2. The predicted molar refractivity (Wildman–Crippen MR) is 139 cm³/mol. The summed E-state index contributed by atoms with van der Waals surface area (Å²) in [4.78, 5) is 31.0. The van der Waals surface area contributed by atoms with Crippen molar-refractivity contribution < 1.29 is 19.1 Å². The van der Waals surface area contributed by atoms with Crippen LogP contribution in [0.15, 0.2) is 70.3 Å². The molecule has 0 aromatic heterocycles. The second-order valence-corrected chi connectivity index (χ2v) is 9.40. The van der Waals surface area contributed by atoms with Crippen molar-refractivity contribution in [3.05, 3.63) is 65.7 Å². The van der Waals surface area contributed by atoms with Crippen LogP contribution in [0, 0.1) is 5.41 Å². The van der Waals surface area contributed by atoms with Crippen LogP contribution in [0.5, 0.6) is 11.5 Å². The third kappa shape index (κ3) is 5.49. The maximum atomic E-state index is 12.6. The summed E-state index contributed by atoms with van der Waals surface area (Å²) in [7, 11) is 0. The van der Waals surface area contributed by atoms with Crippen LogP contribution in [0.2, 0.25) is 0 Å². The quantitative estimate of drug-likeness (QED) is 0.434. The van der Waals surface area contributed by atoms with Crippen molar-refractivity contribution in [3.63, 3.8) is 0 Å². The van der Waals surface area contributed by atoms with Gasteiger partial charge in [-0.2, -0.15) is 15.1 Å². The predicted octanol–water partition coefficient (Wildman–Crippen LogP) is 3.78. The van der Waals surface area contributed by atoms with Gasteiger partial charge in [0.05, 0.1) is 12.0 Å². The number of aliphatic imine (C=N–C) groups is 1. The molecule has 3 heterocycles. The van der Waals surface area contributed by atoms with E-state index in [2.05, 4.69) is 10.1 Å². The Bertz CT molecular complexity index is 1250. The Kier molecular flexibility index (Phi) is 7.13. The van der Waals surface area contributed by atoms with Gasteiger partial charge < -0.3 is 14.4 Å². The first-order valence-electron chi connectivity index (χ1n) is 11.7. The molecule has 2 amide bonds. The van der Waals surface area contributed by atoms with Gasteiger partial charge in [-0.15, -0.1) is 0 Å². The summed E-state index contributed by atoms with van der Waals surface area (Å²) in [6.45, 7) is 2.35. The SMILES string of the molecule is N=C1C(=Cc2ccc(OCCOc3ccccc3)cc2)C(=O)N=C2SC(CC(=O)N3CCCC3)=NN12. The number of likely N-dealkylation sites (tertiary alicyclic amines) is 1.